The lowest BCUT2D eigenvalue weighted by Gasteiger charge is -2.35. The number of amides is 2. The van der Waals surface area contributed by atoms with Crippen LogP contribution in [0.2, 0.25) is 0 Å². The first-order valence-electron chi connectivity index (χ1n) is 13.2. The van der Waals surface area contributed by atoms with E-state index in [9.17, 15) is 14.0 Å². The van der Waals surface area contributed by atoms with Crippen molar-refractivity contribution in [2.24, 2.45) is 11.8 Å². The van der Waals surface area contributed by atoms with Crippen LogP contribution < -0.4 is 15.4 Å². The van der Waals surface area contributed by atoms with E-state index in [-0.39, 0.29) is 35.6 Å². The largest absolute Gasteiger partial charge is 0.493 e. The second-order valence-corrected chi connectivity index (χ2v) is 10.5. The van der Waals surface area contributed by atoms with Gasteiger partial charge in [0.25, 0.3) is 5.91 Å². The number of aromatic amines is 1. The van der Waals surface area contributed by atoms with Crippen LogP contribution in [0.3, 0.4) is 0 Å². The van der Waals surface area contributed by atoms with Gasteiger partial charge in [0.1, 0.15) is 29.1 Å². The van der Waals surface area contributed by atoms with Gasteiger partial charge in [-0.25, -0.2) is 14.4 Å². The van der Waals surface area contributed by atoms with Gasteiger partial charge in [-0.1, -0.05) is 13.8 Å². The van der Waals surface area contributed by atoms with Crippen molar-refractivity contribution in [3.63, 3.8) is 0 Å². The predicted octanol–water partition coefficient (Wildman–Crippen LogP) is 4.67. The molecule has 0 saturated heterocycles. The highest BCUT2D eigenvalue weighted by atomic mass is 19.1. The van der Waals surface area contributed by atoms with Gasteiger partial charge >= 0.3 is 0 Å². The van der Waals surface area contributed by atoms with Gasteiger partial charge in [-0.05, 0) is 69.1 Å². The molecule has 1 aromatic carbocycles. The maximum absolute atomic E-state index is 14.3. The molecule has 5 rings (SSSR count). The minimum absolute atomic E-state index is 0.00795. The molecule has 196 valence electrons. The molecule has 2 aliphatic carbocycles. The van der Waals surface area contributed by atoms with Gasteiger partial charge in [-0.15, -0.1) is 0 Å². The molecule has 2 amide bonds. The van der Waals surface area contributed by atoms with Gasteiger partial charge in [0, 0.05) is 29.8 Å². The van der Waals surface area contributed by atoms with E-state index in [0.717, 1.165) is 32.1 Å². The number of hydrogen-bond acceptors (Lipinski definition) is 5. The van der Waals surface area contributed by atoms with E-state index < -0.39 is 0 Å². The quantitative estimate of drug-likeness (QED) is 0.410. The first-order chi connectivity index (χ1) is 17.8. The summed E-state index contributed by atoms with van der Waals surface area (Å²) in [5.41, 5.74) is 3.23. The van der Waals surface area contributed by atoms with Crippen molar-refractivity contribution in [3.8, 4) is 17.0 Å². The summed E-state index contributed by atoms with van der Waals surface area (Å²) < 4.78 is 20.3. The molecule has 0 spiro atoms. The highest BCUT2D eigenvalue weighted by Gasteiger charge is 2.31. The smallest absolute Gasteiger partial charge is 0.255 e. The second kappa shape index (κ2) is 10.5. The lowest BCUT2D eigenvalue weighted by molar-refractivity contribution is -0.122. The summed E-state index contributed by atoms with van der Waals surface area (Å²) in [7, 11) is 0. The molecule has 2 heterocycles. The van der Waals surface area contributed by atoms with E-state index in [1.807, 2.05) is 13.8 Å². The van der Waals surface area contributed by atoms with Crippen molar-refractivity contribution in [1.82, 2.24) is 25.6 Å². The van der Waals surface area contributed by atoms with E-state index >= 15 is 0 Å². The average molecular weight is 508 g/mol. The van der Waals surface area contributed by atoms with Crippen LogP contribution >= 0.6 is 0 Å². The van der Waals surface area contributed by atoms with Gasteiger partial charge < -0.3 is 20.4 Å². The van der Waals surface area contributed by atoms with Gasteiger partial charge in [-0.3, -0.25) is 9.59 Å². The van der Waals surface area contributed by atoms with Crippen LogP contribution in [0.15, 0.2) is 24.5 Å². The number of halogens is 1. The monoisotopic (exact) mass is 507 g/mol. The Labute approximate surface area is 215 Å². The molecule has 8 nitrogen and oxygen atoms in total. The molecule has 0 bridgehead atoms. The number of nitrogens with one attached hydrogen (secondary N) is 3. The van der Waals surface area contributed by atoms with Crippen molar-refractivity contribution in [2.75, 3.05) is 6.61 Å². The summed E-state index contributed by atoms with van der Waals surface area (Å²) in [4.78, 5) is 37.4. The number of fused-ring (bicyclic) bond motifs is 1. The Bertz CT molecular complexity index is 1320. The minimum atomic E-state index is -0.387. The number of ether oxygens (including phenoxy) is 1. The lowest BCUT2D eigenvalue weighted by Crippen LogP contribution is -2.48. The Morgan fingerprint density at radius 3 is 2.70 bits per heavy atom. The van der Waals surface area contributed by atoms with Crippen LogP contribution in [-0.2, 0) is 4.79 Å². The first-order valence-corrected chi connectivity index (χ1v) is 13.2. The number of nitrogens with zero attached hydrogens (tertiary/aromatic N) is 2. The fourth-order valence-electron chi connectivity index (χ4n) is 5.22. The normalized spacial score (nSPS) is 21.6. The average Bonchev–Trinajstić information content (AvgIpc) is 3.64. The van der Waals surface area contributed by atoms with Gasteiger partial charge in [0.15, 0.2) is 0 Å². The third kappa shape index (κ3) is 5.45. The molecule has 2 fully saturated rings. The summed E-state index contributed by atoms with van der Waals surface area (Å²) in [6.07, 6.45) is 6.56. The molecule has 37 heavy (non-hydrogen) atoms. The van der Waals surface area contributed by atoms with Crippen LogP contribution in [0.5, 0.6) is 5.75 Å². The minimum Gasteiger partial charge on any atom is -0.493 e. The molecule has 2 aromatic heterocycles. The number of aromatic nitrogens is 3. The maximum atomic E-state index is 14.3. The molecule has 9 heteroatoms. The van der Waals surface area contributed by atoms with Crippen molar-refractivity contribution in [1.29, 1.82) is 0 Å². The zero-order valence-electron chi connectivity index (χ0n) is 21.6. The van der Waals surface area contributed by atoms with Crippen LogP contribution in [0, 0.1) is 24.6 Å². The molecule has 0 radical (unpaired) electrons. The molecule has 2 saturated carbocycles. The van der Waals surface area contributed by atoms with E-state index in [4.69, 9.17) is 4.74 Å². The molecule has 3 aromatic rings. The van der Waals surface area contributed by atoms with Gasteiger partial charge in [0.2, 0.25) is 5.91 Å². The van der Waals surface area contributed by atoms with E-state index in [0.29, 0.717) is 58.2 Å². The molecular weight excluding hydrogens is 473 g/mol. The predicted molar refractivity (Wildman–Crippen MR) is 139 cm³/mol. The summed E-state index contributed by atoms with van der Waals surface area (Å²) in [5.74, 6) is 0.838. The summed E-state index contributed by atoms with van der Waals surface area (Å²) >= 11 is 0. The fraction of sp³-hybridized carbons (Fsp3) is 0.500. The van der Waals surface area contributed by atoms with Gasteiger partial charge in [0.05, 0.1) is 17.7 Å². The number of aryl methyl sites for hydroxylation is 1. The van der Waals surface area contributed by atoms with Gasteiger partial charge in [-0.2, -0.15) is 0 Å². The zero-order valence-corrected chi connectivity index (χ0v) is 21.6. The van der Waals surface area contributed by atoms with E-state index in [2.05, 4.69) is 32.5 Å². The third-order valence-corrected chi connectivity index (χ3v) is 7.54. The number of benzene rings is 1. The number of hydrogen-bond donors (Lipinski definition) is 3. The van der Waals surface area contributed by atoms with Crippen molar-refractivity contribution in [2.45, 2.75) is 71.4 Å². The standard InChI is InChI=1S/C28H34FN5O3/c1-4-23(35)34-21-9-8-19(11-15(21)2)33-28(36)24-16(3)32-27-25(30-14-31-26(24)27)20-12-18(29)7-10-22(20)37-13-17-5-6-17/h7,10,12,14-15,17,19,21,32H,4-6,8-9,11,13H2,1-3H3,(H,33,36)(H,34,35)/t15-,19-,21-/m1/s1. The number of H-pyrrole nitrogens is 1. The van der Waals surface area contributed by atoms with Crippen molar-refractivity contribution >= 4 is 22.8 Å². The Morgan fingerprint density at radius 2 is 1.97 bits per heavy atom. The summed E-state index contributed by atoms with van der Waals surface area (Å²) in [5, 5.41) is 6.27. The second-order valence-electron chi connectivity index (χ2n) is 10.5. The summed E-state index contributed by atoms with van der Waals surface area (Å²) in [6.45, 7) is 6.38. The molecule has 3 N–H and O–H groups in total. The Balaban J connectivity index is 1.38. The number of carbonyl (C=O) groups excluding carboxylic acids is 2. The fourth-order valence-corrected chi connectivity index (χ4v) is 5.22. The Morgan fingerprint density at radius 1 is 1.16 bits per heavy atom. The van der Waals surface area contributed by atoms with E-state index in [1.165, 1.54) is 18.5 Å². The molecule has 3 atom stereocenters. The van der Waals surface area contributed by atoms with Crippen LogP contribution in [0.25, 0.3) is 22.3 Å². The molecule has 0 aliphatic heterocycles. The van der Waals surface area contributed by atoms with Crippen LogP contribution in [-0.4, -0.2) is 45.5 Å². The summed E-state index contributed by atoms with van der Waals surface area (Å²) in [6, 6.07) is 4.57. The molecule has 0 unspecified atom stereocenters. The first kappa shape index (κ1) is 25.2. The number of rotatable bonds is 8. The highest BCUT2D eigenvalue weighted by Crippen LogP contribution is 2.37. The highest BCUT2D eigenvalue weighted by molar-refractivity contribution is 6.09. The van der Waals surface area contributed by atoms with Crippen molar-refractivity contribution in [3.05, 3.63) is 41.6 Å². The Kier molecular flexibility index (Phi) is 7.13. The molecule has 2 aliphatic rings. The van der Waals surface area contributed by atoms with Crippen molar-refractivity contribution < 1.29 is 18.7 Å². The maximum Gasteiger partial charge on any atom is 0.255 e. The Hall–Kier alpha value is -3.49. The van der Waals surface area contributed by atoms with Crippen LogP contribution in [0.4, 0.5) is 4.39 Å². The SMILES string of the molecule is CCC(=O)N[C@@H]1CC[C@@H](NC(=O)c2c(C)[nH]c3c(-c4cc(F)ccc4OCC4CC4)ncnc23)C[C@H]1C. The van der Waals surface area contributed by atoms with E-state index in [1.54, 1.807) is 6.07 Å². The third-order valence-electron chi connectivity index (χ3n) is 7.54. The molecular formula is C28H34FN5O3. The zero-order chi connectivity index (χ0) is 26.1. The lowest BCUT2D eigenvalue weighted by atomic mass is 9.82. The topological polar surface area (TPSA) is 109 Å². The number of carbonyl (C=O) groups is 2. The van der Waals surface area contributed by atoms with Crippen LogP contribution in [0.1, 0.15) is 68.4 Å².